The van der Waals surface area contributed by atoms with E-state index in [2.05, 4.69) is 19.2 Å². The molecule has 0 aliphatic carbocycles. The molecule has 0 unspecified atom stereocenters. The van der Waals surface area contributed by atoms with Crippen molar-refractivity contribution >= 4 is 6.03 Å². The molecule has 0 radical (unpaired) electrons. The van der Waals surface area contributed by atoms with Gasteiger partial charge in [-0.05, 0) is 23.6 Å². The third-order valence-corrected chi connectivity index (χ3v) is 3.41. The molecule has 0 aromatic heterocycles. The zero-order valence-electron chi connectivity index (χ0n) is 11.1. The summed E-state index contributed by atoms with van der Waals surface area (Å²) in [7, 11) is 1.65. The zero-order chi connectivity index (χ0) is 13.1. The number of carbonyl (C=O) groups excluding carboxylic acids is 1. The highest BCUT2D eigenvalue weighted by Crippen LogP contribution is 2.20. The number of carbonyl (C=O) groups is 1. The topological polar surface area (TPSA) is 41.6 Å². The maximum absolute atomic E-state index is 11.8. The molecule has 4 nitrogen and oxygen atoms in total. The molecule has 1 atom stereocenters. The fraction of sp³-hybridized carbons (Fsp3) is 0.500. The van der Waals surface area contributed by atoms with Crippen LogP contribution in [0.4, 0.5) is 4.79 Å². The van der Waals surface area contributed by atoms with Gasteiger partial charge in [-0.2, -0.15) is 0 Å². The number of benzene rings is 1. The first-order valence-electron chi connectivity index (χ1n) is 6.29. The summed E-state index contributed by atoms with van der Waals surface area (Å²) in [6, 6.07) is 8.16. The van der Waals surface area contributed by atoms with Crippen molar-refractivity contribution in [1.82, 2.24) is 10.2 Å². The second-order valence-electron chi connectivity index (χ2n) is 4.97. The highest BCUT2D eigenvalue weighted by Gasteiger charge is 2.32. The molecule has 0 saturated carbocycles. The van der Waals surface area contributed by atoms with Crippen LogP contribution in [-0.2, 0) is 6.54 Å². The van der Waals surface area contributed by atoms with E-state index in [0.29, 0.717) is 12.5 Å². The Balaban J connectivity index is 2.08. The molecule has 98 valence electrons. The fourth-order valence-corrected chi connectivity index (χ4v) is 2.27. The molecule has 1 aromatic rings. The molecule has 1 aliphatic rings. The van der Waals surface area contributed by atoms with E-state index in [-0.39, 0.29) is 12.1 Å². The Labute approximate surface area is 108 Å². The van der Waals surface area contributed by atoms with Gasteiger partial charge in [0, 0.05) is 13.1 Å². The number of hydrogen-bond donors (Lipinski definition) is 1. The summed E-state index contributed by atoms with van der Waals surface area (Å²) in [4.78, 5) is 13.7. The highest BCUT2D eigenvalue weighted by molar-refractivity contribution is 5.76. The second kappa shape index (κ2) is 5.29. The molecule has 1 aliphatic heterocycles. The van der Waals surface area contributed by atoms with Gasteiger partial charge in [-0.3, -0.25) is 0 Å². The van der Waals surface area contributed by atoms with E-state index < -0.39 is 0 Å². The predicted octanol–water partition coefficient (Wildman–Crippen LogP) is 2.25. The van der Waals surface area contributed by atoms with Crippen LogP contribution < -0.4 is 10.1 Å². The molecule has 4 heteroatoms. The van der Waals surface area contributed by atoms with Gasteiger partial charge in [0.15, 0.2) is 0 Å². The van der Waals surface area contributed by atoms with Crippen LogP contribution in [0.25, 0.3) is 0 Å². The number of nitrogens with one attached hydrogen (secondary N) is 1. The minimum atomic E-state index is 0.0320. The summed E-state index contributed by atoms with van der Waals surface area (Å²) in [5.74, 6) is 1.30. The molecule has 1 fully saturated rings. The molecular formula is C14H20N2O2. The molecule has 1 N–H and O–H groups in total. The lowest BCUT2D eigenvalue weighted by atomic mass is 10.0. The Kier molecular flexibility index (Phi) is 3.75. The Morgan fingerprint density at radius 3 is 2.61 bits per heavy atom. The van der Waals surface area contributed by atoms with E-state index >= 15 is 0 Å². The van der Waals surface area contributed by atoms with E-state index in [1.807, 2.05) is 29.2 Å². The molecule has 2 rings (SSSR count). The quantitative estimate of drug-likeness (QED) is 0.888. The Morgan fingerprint density at radius 1 is 1.39 bits per heavy atom. The van der Waals surface area contributed by atoms with Gasteiger partial charge in [-0.15, -0.1) is 0 Å². The van der Waals surface area contributed by atoms with E-state index in [1.54, 1.807) is 7.11 Å². The van der Waals surface area contributed by atoms with Gasteiger partial charge >= 0.3 is 6.03 Å². The van der Waals surface area contributed by atoms with E-state index in [9.17, 15) is 4.79 Å². The SMILES string of the molecule is COc1ccc(CN2C(=O)NC[C@@H]2C(C)C)cc1. The highest BCUT2D eigenvalue weighted by atomic mass is 16.5. The van der Waals surface area contributed by atoms with E-state index in [0.717, 1.165) is 17.9 Å². The number of amides is 2. The summed E-state index contributed by atoms with van der Waals surface area (Å²) in [5.41, 5.74) is 1.12. The van der Waals surface area contributed by atoms with Crippen LogP contribution in [0.15, 0.2) is 24.3 Å². The molecule has 1 heterocycles. The van der Waals surface area contributed by atoms with Crippen molar-refractivity contribution in [1.29, 1.82) is 0 Å². The van der Waals surface area contributed by atoms with Crippen LogP contribution in [0.5, 0.6) is 5.75 Å². The monoisotopic (exact) mass is 248 g/mol. The molecule has 18 heavy (non-hydrogen) atoms. The minimum Gasteiger partial charge on any atom is -0.497 e. The van der Waals surface area contributed by atoms with Gasteiger partial charge < -0.3 is 15.0 Å². The van der Waals surface area contributed by atoms with Gasteiger partial charge in [0.2, 0.25) is 0 Å². The van der Waals surface area contributed by atoms with Crippen LogP contribution in [-0.4, -0.2) is 30.6 Å². The molecule has 0 bridgehead atoms. The van der Waals surface area contributed by atoms with Crippen molar-refractivity contribution in [2.45, 2.75) is 26.4 Å². The van der Waals surface area contributed by atoms with Crippen molar-refractivity contribution in [3.8, 4) is 5.75 Å². The Bertz CT molecular complexity index is 414. The number of ether oxygens (including phenoxy) is 1. The molecule has 2 amide bonds. The van der Waals surface area contributed by atoms with Gasteiger partial charge in [0.25, 0.3) is 0 Å². The molecule has 1 saturated heterocycles. The maximum atomic E-state index is 11.8. The molecular weight excluding hydrogens is 228 g/mol. The third-order valence-electron chi connectivity index (χ3n) is 3.41. The first-order chi connectivity index (χ1) is 8.61. The van der Waals surface area contributed by atoms with Crippen LogP contribution >= 0.6 is 0 Å². The minimum absolute atomic E-state index is 0.0320. The van der Waals surface area contributed by atoms with E-state index in [4.69, 9.17) is 4.74 Å². The summed E-state index contributed by atoms with van der Waals surface area (Å²) < 4.78 is 5.13. The number of hydrogen-bond acceptors (Lipinski definition) is 2. The van der Waals surface area contributed by atoms with Gasteiger partial charge in [-0.1, -0.05) is 26.0 Å². The molecule has 1 aromatic carbocycles. The van der Waals surface area contributed by atoms with Crippen molar-refractivity contribution in [2.24, 2.45) is 5.92 Å². The summed E-state index contributed by atoms with van der Waals surface area (Å²) in [6.07, 6.45) is 0. The Hall–Kier alpha value is -1.71. The third kappa shape index (κ3) is 2.58. The van der Waals surface area contributed by atoms with Crippen LogP contribution in [0, 0.1) is 5.92 Å². The predicted molar refractivity (Wildman–Crippen MR) is 70.6 cm³/mol. The van der Waals surface area contributed by atoms with Gasteiger partial charge in [0.05, 0.1) is 13.2 Å². The summed E-state index contributed by atoms with van der Waals surface area (Å²) in [6.45, 7) is 5.68. The van der Waals surface area contributed by atoms with Gasteiger partial charge in [-0.25, -0.2) is 4.79 Å². The first kappa shape index (κ1) is 12.7. The number of urea groups is 1. The van der Waals surface area contributed by atoms with Crippen LogP contribution in [0.1, 0.15) is 19.4 Å². The first-order valence-corrected chi connectivity index (χ1v) is 6.29. The lowest BCUT2D eigenvalue weighted by Gasteiger charge is -2.26. The van der Waals surface area contributed by atoms with Gasteiger partial charge in [0.1, 0.15) is 5.75 Å². The lowest BCUT2D eigenvalue weighted by Crippen LogP contribution is -2.36. The summed E-state index contributed by atoms with van der Waals surface area (Å²) >= 11 is 0. The van der Waals surface area contributed by atoms with Crippen molar-refractivity contribution in [3.05, 3.63) is 29.8 Å². The maximum Gasteiger partial charge on any atom is 0.318 e. The molecule has 0 spiro atoms. The smallest absolute Gasteiger partial charge is 0.318 e. The van der Waals surface area contributed by atoms with Crippen molar-refractivity contribution in [2.75, 3.05) is 13.7 Å². The van der Waals surface area contributed by atoms with E-state index in [1.165, 1.54) is 0 Å². The van der Waals surface area contributed by atoms with Crippen molar-refractivity contribution in [3.63, 3.8) is 0 Å². The van der Waals surface area contributed by atoms with Crippen LogP contribution in [0.2, 0.25) is 0 Å². The Morgan fingerprint density at radius 2 is 2.06 bits per heavy atom. The summed E-state index contributed by atoms with van der Waals surface area (Å²) in [5, 5.41) is 2.91. The normalized spacial score (nSPS) is 19.2. The average Bonchev–Trinajstić information content (AvgIpc) is 2.72. The van der Waals surface area contributed by atoms with Crippen LogP contribution in [0.3, 0.4) is 0 Å². The second-order valence-corrected chi connectivity index (χ2v) is 4.97. The van der Waals surface area contributed by atoms with Crippen molar-refractivity contribution < 1.29 is 9.53 Å². The average molecular weight is 248 g/mol. The standard InChI is InChI=1S/C14H20N2O2/c1-10(2)13-8-15-14(17)16(13)9-11-4-6-12(18-3)7-5-11/h4-7,10,13H,8-9H2,1-3H3,(H,15,17)/t13-/m1/s1. The fourth-order valence-electron chi connectivity index (χ4n) is 2.27. The number of methoxy groups -OCH3 is 1. The zero-order valence-corrected chi connectivity index (χ0v) is 11.1. The lowest BCUT2D eigenvalue weighted by molar-refractivity contribution is 0.186. The largest absolute Gasteiger partial charge is 0.497 e. The number of nitrogens with zero attached hydrogens (tertiary/aromatic N) is 1. The number of rotatable bonds is 4.